The van der Waals surface area contributed by atoms with E-state index in [1.165, 1.54) is 46.0 Å². The predicted molar refractivity (Wildman–Crippen MR) is 118 cm³/mol. The summed E-state index contributed by atoms with van der Waals surface area (Å²) in [6.45, 7) is 3.23. The molecule has 0 amide bonds. The van der Waals surface area contributed by atoms with Crippen LogP contribution >= 0.6 is 11.3 Å². The molecule has 0 aliphatic heterocycles. The number of aromatic nitrogens is 3. The van der Waals surface area contributed by atoms with E-state index in [0.29, 0.717) is 0 Å². The van der Waals surface area contributed by atoms with Gasteiger partial charge in [-0.3, -0.25) is 0 Å². The largest absolute Gasteiger partial charge is 0.358 e. The molecular formula is C23H24N4S. The van der Waals surface area contributed by atoms with Crippen LogP contribution in [0.5, 0.6) is 0 Å². The quantitative estimate of drug-likeness (QED) is 0.444. The lowest BCUT2D eigenvalue weighted by molar-refractivity contribution is 0.761. The fourth-order valence-electron chi connectivity index (χ4n) is 4.29. The van der Waals surface area contributed by atoms with Crippen LogP contribution in [0.3, 0.4) is 0 Å². The third-order valence-corrected chi connectivity index (χ3v) is 6.78. The molecule has 3 heterocycles. The lowest BCUT2D eigenvalue weighted by Gasteiger charge is -2.17. The lowest BCUT2D eigenvalue weighted by Crippen LogP contribution is -2.19. The molecule has 0 saturated heterocycles. The molecule has 142 valence electrons. The van der Waals surface area contributed by atoms with Crippen LogP contribution in [0.2, 0.25) is 0 Å². The normalized spacial score (nSPS) is 13.4. The van der Waals surface area contributed by atoms with Crippen molar-refractivity contribution in [1.82, 2.24) is 15.0 Å². The van der Waals surface area contributed by atoms with Gasteiger partial charge in [0.15, 0.2) is 0 Å². The Balaban J connectivity index is 1.76. The summed E-state index contributed by atoms with van der Waals surface area (Å²) in [5.41, 5.74) is 6.32. The summed E-state index contributed by atoms with van der Waals surface area (Å²) in [5, 5.41) is 1.26. The van der Waals surface area contributed by atoms with E-state index in [1.54, 1.807) is 17.7 Å². The van der Waals surface area contributed by atoms with Crippen molar-refractivity contribution in [2.45, 2.75) is 39.0 Å². The van der Waals surface area contributed by atoms with Gasteiger partial charge in [0, 0.05) is 24.5 Å². The SMILES string of the molecule is CCCCN(C)c1ncnc2c1sc1nc(-c3ccccc3)c3c(c12)CCC3. The lowest BCUT2D eigenvalue weighted by atomic mass is 10.0. The molecule has 4 nitrogen and oxygen atoms in total. The molecule has 3 aromatic heterocycles. The molecule has 0 N–H and O–H groups in total. The first-order valence-corrected chi connectivity index (χ1v) is 10.9. The van der Waals surface area contributed by atoms with Gasteiger partial charge in [0.2, 0.25) is 0 Å². The average molecular weight is 389 g/mol. The van der Waals surface area contributed by atoms with E-state index in [1.807, 2.05) is 0 Å². The van der Waals surface area contributed by atoms with Gasteiger partial charge < -0.3 is 4.90 Å². The van der Waals surface area contributed by atoms with Gasteiger partial charge in [-0.1, -0.05) is 43.7 Å². The Morgan fingerprint density at radius 2 is 1.89 bits per heavy atom. The maximum Gasteiger partial charge on any atom is 0.149 e. The van der Waals surface area contributed by atoms with Crippen LogP contribution in [-0.4, -0.2) is 28.5 Å². The Kier molecular flexibility index (Phi) is 4.47. The molecule has 5 heteroatoms. The summed E-state index contributed by atoms with van der Waals surface area (Å²) in [6.07, 6.45) is 7.48. The third kappa shape index (κ3) is 2.76. The molecule has 0 spiro atoms. The maximum absolute atomic E-state index is 5.15. The van der Waals surface area contributed by atoms with Gasteiger partial charge in [0.1, 0.15) is 17.0 Å². The molecule has 0 saturated carbocycles. The van der Waals surface area contributed by atoms with Crippen LogP contribution in [-0.2, 0) is 12.8 Å². The number of thiophene rings is 1. The minimum absolute atomic E-state index is 1.01. The van der Waals surface area contributed by atoms with Gasteiger partial charge in [0.25, 0.3) is 0 Å². The van der Waals surface area contributed by atoms with Crippen LogP contribution in [0.1, 0.15) is 37.3 Å². The molecule has 0 unspecified atom stereocenters. The second-order valence-corrected chi connectivity index (χ2v) is 8.57. The highest BCUT2D eigenvalue weighted by molar-refractivity contribution is 7.26. The van der Waals surface area contributed by atoms with Gasteiger partial charge in [-0.2, -0.15) is 0 Å². The van der Waals surface area contributed by atoms with E-state index in [4.69, 9.17) is 9.97 Å². The molecule has 1 aromatic carbocycles. The van der Waals surface area contributed by atoms with Crippen LogP contribution < -0.4 is 4.90 Å². The highest BCUT2D eigenvalue weighted by Crippen LogP contribution is 2.43. The maximum atomic E-state index is 5.15. The summed E-state index contributed by atoms with van der Waals surface area (Å²) in [4.78, 5) is 17.8. The fraction of sp³-hybridized carbons (Fsp3) is 0.348. The van der Waals surface area contributed by atoms with Crippen LogP contribution in [0, 0.1) is 0 Å². The fourth-order valence-corrected chi connectivity index (χ4v) is 5.50. The van der Waals surface area contributed by atoms with Crippen molar-refractivity contribution in [2.24, 2.45) is 0 Å². The number of aryl methyl sites for hydroxylation is 1. The van der Waals surface area contributed by atoms with Crippen molar-refractivity contribution < 1.29 is 0 Å². The molecule has 1 aliphatic rings. The highest BCUT2D eigenvalue weighted by atomic mass is 32.1. The number of unbranched alkanes of at least 4 members (excludes halogenated alkanes) is 1. The zero-order chi connectivity index (χ0) is 19.1. The number of nitrogens with zero attached hydrogens (tertiary/aromatic N) is 4. The van der Waals surface area contributed by atoms with E-state index in [0.717, 1.165) is 41.2 Å². The number of hydrogen-bond donors (Lipinski definition) is 0. The molecule has 0 bridgehead atoms. The van der Waals surface area contributed by atoms with Crippen molar-refractivity contribution in [3.05, 3.63) is 47.8 Å². The Morgan fingerprint density at radius 3 is 2.71 bits per heavy atom. The number of benzene rings is 1. The molecule has 0 radical (unpaired) electrons. The molecule has 4 aromatic rings. The minimum atomic E-state index is 1.01. The minimum Gasteiger partial charge on any atom is -0.358 e. The first kappa shape index (κ1) is 17.6. The molecule has 0 fully saturated rings. The average Bonchev–Trinajstić information content (AvgIpc) is 3.35. The number of anilines is 1. The van der Waals surface area contributed by atoms with Crippen molar-refractivity contribution in [3.8, 4) is 11.3 Å². The van der Waals surface area contributed by atoms with E-state index in [-0.39, 0.29) is 0 Å². The first-order valence-electron chi connectivity index (χ1n) is 10.1. The number of hydrogen-bond acceptors (Lipinski definition) is 5. The van der Waals surface area contributed by atoms with Crippen molar-refractivity contribution in [1.29, 1.82) is 0 Å². The Morgan fingerprint density at radius 1 is 1.07 bits per heavy atom. The Hall–Kier alpha value is -2.53. The molecular weight excluding hydrogens is 364 g/mol. The Bertz CT molecular complexity index is 1150. The standard InChI is InChI=1S/C23H24N4S/c1-3-4-13-27(2)22-21-20(24-14-25-22)18-16-11-8-12-17(16)19(26-23(18)28-21)15-9-6-5-7-10-15/h5-7,9-10,14H,3-4,8,11-13H2,1-2H3. The first-order chi connectivity index (χ1) is 13.8. The number of fused-ring (bicyclic) bond motifs is 5. The zero-order valence-electron chi connectivity index (χ0n) is 16.4. The molecule has 0 atom stereocenters. The van der Waals surface area contributed by atoms with Gasteiger partial charge in [0.05, 0.1) is 15.9 Å². The van der Waals surface area contributed by atoms with Gasteiger partial charge in [-0.15, -0.1) is 11.3 Å². The van der Waals surface area contributed by atoms with Gasteiger partial charge >= 0.3 is 0 Å². The van der Waals surface area contributed by atoms with Gasteiger partial charge in [-0.25, -0.2) is 15.0 Å². The van der Waals surface area contributed by atoms with Crippen LogP contribution in [0.15, 0.2) is 36.7 Å². The Labute approximate surface area is 169 Å². The van der Waals surface area contributed by atoms with E-state index in [9.17, 15) is 0 Å². The van der Waals surface area contributed by atoms with Crippen LogP contribution in [0.4, 0.5) is 5.82 Å². The summed E-state index contributed by atoms with van der Waals surface area (Å²) < 4.78 is 1.17. The highest BCUT2D eigenvalue weighted by Gasteiger charge is 2.25. The second-order valence-electron chi connectivity index (χ2n) is 7.57. The monoisotopic (exact) mass is 388 g/mol. The summed E-state index contributed by atoms with van der Waals surface area (Å²) >= 11 is 1.75. The van der Waals surface area contributed by atoms with Gasteiger partial charge in [-0.05, 0) is 36.8 Å². The molecule has 5 rings (SSSR count). The molecule has 28 heavy (non-hydrogen) atoms. The van der Waals surface area contributed by atoms with Crippen LogP contribution in [0.25, 0.3) is 31.7 Å². The predicted octanol–water partition coefficient (Wildman–Crippen LogP) is 5.63. The summed E-state index contributed by atoms with van der Waals surface area (Å²) in [7, 11) is 2.13. The number of rotatable bonds is 5. The summed E-state index contributed by atoms with van der Waals surface area (Å²) in [6, 6.07) is 10.6. The smallest absolute Gasteiger partial charge is 0.149 e. The van der Waals surface area contributed by atoms with E-state index < -0.39 is 0 Å². The van der Waals surface area contributed by atoms with E-state index in [2.05, 4.69) is 54.2 Å². The molecule has 1 aliphatic carbocycles. The number of pyridine rings is 1. The second kappa shape index (κ2) is 7.13. The van der Waals surface area contributed by atoms with Crippen molar-refractivity contribution in [3.63, 3.8) is 0 Å². The van der Waals surface area contributed by atoms with E-state index >= 15 is 0 Å². The third-order valence-electron chi connectivity index (χ3n) is 5.71. The summed E-state index contributed by atoms with van der Waals surface area (Å²) in [5.74, 6) is 1.04. The van der Waals surface area contributed by atoms with Crippen molar-refractivity contribution >= 4 is 37.6 Å². The van der Waals surface area contributed by atoms with Crippen molar-refractivity contribution in [2.75, 3.05) is 18.5 Å². The zero-order valence-corrected chi connectivity index (χ0v) is 17.2. The topological polar surface area (TPSA) is 41.9 Å².